The summed E-state index contributed by atoms with van der Waals surface area (Å²) < 4.78 is 5.24. The number of rotatable bonds is 7. The average Bonchev–Trinajstić information content (AvgIpc) is 2.39. The molecule has 106 valence electrons. The predicted octanol–water partition coefficient (Wildman–Crippen LogP) is 1.31. The third-order valence-electron chi connectivity index (χ3n) is 2.81. The topological polar surface area (TPSA) is 70.6 Å². The molecule has 0 heterocycles. The van der Waals surface area contributed by atoms with Crippen LogP contribution in [0, 0.1) is 0 Å². The molecule has 0 saturated carbocycles. The fourth-order valence-corrected chi connectivity index (χ4v) is 1.76. The number of carbonyl (C=O) groups is 1. The zero-order valence-corrected chi connectivity index (χ0v) is 11.5. The van der Waals surface area contributed by atoms with Crippen LogP contribution < -0.4 is 15.4 Å². The maximum absolute atomic E-state index is 11.5. The van der Waals surface area contributed by atoms with E-state index in [2.05, 4.69) is 10.6 Å². The molecule has 0 unspecified atom stereocenters. The van der Waals surface area contributed by atoms with Gasteiger partial charge in [-0.2, -0.15) is 0 Å². The van der Waals surface area contributed by atoms with Crippen LogP contribution in [0.25, 0.3) is 0 Å². The third-order valence-corrected chi connectivity index (χ3v) is 2.81. The molecule has 2 amide bonds. The van der Waals surface area contributed by atoms with E-state index in [0.29, 0.717) is 19.4 Å². The van der Waals surface area contributed by atoms with Gasteiger partial charge < -0.3 is 20.5 Å². The van der Waals surface area contributed by atoms with Crippen molar-refractivity contribution in [3.05, 3.63) is 29.8 Å². The van der Waals surface area contributed by atoms with Gasteiger partial charge in [0.2, 0.25) is 0 Å². The summed E-state index contributed by atoms with van der Waals surface area (Å²) in [5, 5.41) is 14.3. The van der Waals surface area contributed by atoms with Crippen LogP contribution in [-0.2, 0) is 6.42 Å². The van der Waals surface area contributed by atoms with Gasteiger partial charge in [-0.1, -0.05) is 18.2 Å². The molecule has 0 aliphatic rings. The molecule has 0 bridgehead atoms. The van der Waals surface area contributed by atoms with Gasteiger partial charge >= 0.3 is 6.03 Å². The first-order valence-electron chi connectivity index (χ1n) is 6.44. The molecule has 0 spiro atoms. The number of hydrogen-bond donors (Lipinski definition) is 3. The first-order chi connectivity index (χ1) is 9.17. The van der Waals surface area contributed by atoms with Crippen LogP contribution in [0.4, 0.5) is 4.79 Å². The van der Waals surface area contributed by atoms with Crippen molar-refractivity contribution in [3.63, 3.8) is 0 Å². The molecule has 5 heteroatoms. The number of methoxy groups -OCH3 is 1. The van der Waals surface area contributed by atoms with Crippen molar-refractivity contribution in [3.8, 4) is 5.75 Å². The van der Waals surface area contributed by atoms with E-state index in [9.17, 15) is 4.79 Å². The summed E-state index contributed by atoms with van der Waals surface area (Å²) in [4.78, 5) is 11.5. The molecule has 0 aliphatic heterocycles. The zero-order valence-electron chi connectivity index (χ0n) is 11.5. The van der Waals surface area contributed by atoms with Crippen molar-refractivity contribution < 1.29 is 14.6 Å². The van der Waals surface area contributed by atoms with Crippen molar-refractivity contribution in [1.82, 2.24) is 10.6 Å². The van der Waals surface area contributed by atoms with Gasteiger partial charge in [-0.15, -0.1) is 0 Å². The van der Waals surface area contributed by atoms with Gasteiger partial charge in [-0.05, 0) is 31.4 Å². The van der Waals surface area contributed by atoms with Crippen LogP contribution in [0.3, 0.4) is 0 Å². The SMILES string of the molecule is COc1ccccc1CCNC(=O)N[C@H](C)CCO. The Balaban J connectivity index is 2.31. The van der Waals surface area contributed by atoms with Gasteiger partial charge in [0.25, 0.3) is 0 Å². The Kier molecular flexibility index (Phi) is 6.74. The second-order valence-corrected chi connectivity index (χ2v) is 4.38. The first kappa shape index (κ1) is 15.3. The monoisotopic (exact) mass is 266 g/mol. The molecular weight excluding hydrogens is 244 g/mol. The smallest absolute Gasteiger partial charge is 0.315 e. The normalized spacial score (nSPS) is 11.7. The summed E-state index contributed by atoms with van der Waals surface area (Å²) in [5.41, 5.74) is 1.06. The van der Waals surface area contributed by atoms with Gasteiger partial charge in [-0.25, -0.2) is 4.79 Å². The summed E-state index contributed by atoms with van der Waals surface area (Å²) in [6.45, 7) is 2.47. The second kappa shape index (κ2) is 8.37. The highest BCUT2D eigenvalue weighted by Crippen LogP contribution is 2.17. The van der Waals surface area contributed by atoms with Crippen molar-refractivity contribution in [1.29, 1.82) is 0 Å². The highest BCUT2D eigenvalue weighted by Gasteiger charge is 2.06. The molecular formula is C14H22N2O3. The maximum atomic E-state index is 11.5. The number of urea groups is 1. The summed E-state index contributed by atoms with van der Waals surface area (Å²) in [6.07, 6.45) is 1.27. The second-order valence-electron chi connectivity index (χ2n) is 4.38. The Morgan fingerprint density at radius 1 is 1.42 bits per heavy atom. The zero-order chi connectivity index (χ0) is 14.1. The first-order valence-corrected chi connectivity index (χ1v) is 6.44. The van der Waals surface area contributed by atoms with Gasteiger partial charge in [0.15, 0.2) is 0 Å². The molecule has 19 heavy (non-hydrogen) atoms. The van der Waals surface area contributed by atoms with E-state index < -0.39 is 0 Å². The number of amides is 2. The van der Waals surface area contributed by atoms with Crippen LogP contribution in [0.5, 0.6) is 5.75 Å². The minimum Gasteiger partial charge on any atom is -0.496 e. The number of nitrogens with one attached hydrogen (secondary N) is 2. The number of carbonyl (C=O) groups excluding carboxylic acids is 1. The van der Waals surface area contributed by atoms with E-state index >= 15 is 0 Å². The van der Waals surface area contributed by atoms with Crippen LogP contribution in [0.2, 0.25) is 0 Å². The van der Waals surface area contributed by atoms with Gasteiger partial charge in [0, 0.05) is 19.2 Å². The van der Waals surface area contributed by atoms with Crippen molar-refractivity contribution >= 4 is 6.03 Å². The summed E-state index contributed by atoms with van der Waals surface area (Å²) in [5.74, 6) is 0.832. The summed E-state index contributed by atoms with van der Waals surface area (Å²) in [7, 11) is 1.63. The minimum absolute atomic E-state index is 0.0312. The number of benzene rings is 1. The Hall–Kier alpha value is -1.75. The van der Waals surface area contributed by atoms with E-state index in [-0.39, 0.29) is 18.7 Å². The van der Waals surface area contributed by atoms with Gasteiger partial charge in [0.1, 0.15) is 5.75 Å². The maximum Gasteiger partial charge on any atom is 0.315 e. The van der Waals surface area contributed by atoms with Crippen molar-refractivity contribution in [2.75, 3.05) is 20.3 Å². The lowest BCUT2D eigenvalue weighted by atomic mass is 10.1. The fraction of sp³-hybridized carbons (Fsp3) is 0.500. The van der Waals surface area contributed by atoms with Crippen LogP contribution in [-0.4, -0.2) is 37.4 Å². The standard InChI is InChI=1S/C14H22N2O3/c1-11(8-10-17)16-14(18)15-9-7-12-5-3-4-6-13(12)19-2/h3-6,11,17H,7-10H2,1-2H3,(H2,15,16,18)/t11-/m1/s1. The molecule has 0 fully saturated rings. The van der Waals surface area contributed by atoms with Gasteiger partial charge in [0.05, 0.1) is 7.11 Å². The highest BCUT2D eigenvalue weighted by atomic mass is 16.5. The Morgan fingerprint density at radius 2 is 2.16 bits per heavy atom. The molecule has 1 rings (SSSR count). The van der Waals surface area contributed by atoms with Crippen molar-refractivity contribution in [2.45, 2.75) is 25.8 Å². The van der Waals surface area contributed by atoms with Crippen LogP contribution in [0.15, 0.2) is 24.3 Å². The number of ether oxygens (including phenoxy) is 1. The molecule has 0 aromatic heterocycles. The lowest BCUT2D eigenvalue weighted by Gasteiger charge is -2.14. The highest BCUT2D eigenvalue weighted by molar-refractivity contribution is 5.74. The van der Waals surface area contributed by atoms with Crippen LogP contribution in [0.1, 0.15) is 18.9 Å². The molecule has 1 aromatic rings. The van der Waals surface area contributed by atoms with E-state index in [1.807, 2.05) is 31.2 Å². The molecule has 5 nitrogen and oxygen atoms in total. The van der Waals surface area contributed by atoms with Crippen molar-refractivity contribution in [2.24, 2.45) is 0 Å². The van der Waals surface area contributed by atoms with Crippen LogP contribution >= 0.6 is 0 Å². The van der Waals surface area contributed by atoms with Gasteiger partial charge in [-0.3, -0.25) is 0 Å². The third kappa shape index (κ3) is 5.61. The molecule has 0 aliphatic carbocycles. The Bertz CT molecular complexity index is 396. The quantitative estimate of drug-likeness (QED) is 0.697. The van der Waals surface area contributed by atoms with E-state index in [1.165, 1.54) is 0 Å². The average molecular weight is 266 g/mol. The van der Waals surface area contributed by atoms with E-state index in [4.69, 9.17) is 9.84 Å². The Labute approximate surface area is 114 Å². The molecule has 1 atom stereocenters. The lowest BCUT2D eigenvalue weighted by Crippen LogP contribution is -2.41. The number of aliphatic hydroxyl groups is 1. The van der Waals surface area contributed by atoms with E-state index in [1.54, 1.807) is 7.11 Å². The Morgan fingerprint density at radius 3 is 2.84 bits per heavy atom. The molecule has 0 saturated heterocycles. The largest absolute Gasteiger partial charge is 0.496 e. The minimum atomic E-state index is -0.212. The summed E-state index contributed by atoms with van der Waals surface area (Å²) in [6, 6.07) is 7.50. The summed E-state index contributed by atoms with van der Waals surface area (Å²) >= 11 is 0. The van der Waals surface area contributed by atoms with E-state index in [0.717, 1.165) is 11.3 Å². The number of aliphatic hydroxyl groups excluding tert-OH is 1. The number of hydrogen-bond acceptors (Lipinski definition) is 3. The fourth-order valence-electron chi connectivity index (χ4n) is 1.76. The molecule has 1 aromatic carbocycles. The lowest BCUT2D eigenvalue weighted by molar-refractivity contribution is 0.231. The molecule has 3 N–H and O–H groups in total. The predicted molar refractivity (Wildman–Crippen MR) is 74.4 cm³/mol. The molecule has 0 radical (unpaired) electrons. The number of para-hydroxylation sites is 1.